The topological polar surface area (TPSA) is 96.5 Å². The van der Waals surface area contributed by atoms with Crippen molar-refractivity contribution < 1.29 is 14.3 Å². The maximum atomic E-state index is 12.6. The second kappa shape index (κ2) is 10.2. The molecule has 3 heterocycles. The Hall–Kier alpha value is -3.20. The number of anilines is 2. The molecule has 0 saturated carbocycles. The molecule has 1 aliphatic rings. The maximum Gasteiger partial charge on any atom is 0.243 e. The lowest BCUT2D eigenvalue weighted by atomic mass is 9.95. The van der Waals surface area contributed by atoms with E-state index in [0.717, 1.165) is 47.7 Å². The van der Waals surface area contributed by atoms with Gasteiger partial charge in [0, 0.05) is 29.6 Å². The molecule has 1 aliphatic heterocycles. The Labute approximate surface area is 197 Å². The summed E-state index contributed by atoms with van der Waals surface area (Å²) < 4.78 is 5.40. The van der Waals surface area contributed by atoms with Crippen LogP contribution < -0.4 is 20.3 Å². The highest BCUT2D eigenvalue weighted by Gasteiger charge is 2.27. The van der Waals surface area contributed by atoms with Crippen molar-refractivity contribution in [2.45, 2.75) is 33.6 Å². The van der Waals surface area contributed by atoms with Crippen LogP contribution >= 0.6 is 11.3 Å². The molecule has 174 valence electrons. The number of hydrogen-bond acceptors (Lipinski definition) is 7. The van der Waals surface area contributed by atoms with Gasteiger partial charge in [-0.3, -0.25) is 9.59 Å². The Bertz CT molecular complexity index is 1140. The highest BCUT2D eigenvalue weighted by Crippen LogP contribution is 2.35. The van der Waals surface area contributed by atoms with Crippen molar-refractivity contribution in [3.8, 4) is 5.75 Å². The van der Waals surface area contributed by atoms with Crippen LogP contribution in [-0.4, -0.2) is 48.0 Å². The monoisotopic (exact) mass is 467 g/mol. The highest BCUT2D eigenvalue weighted by molar-refractivity contribution is 7.18. The number of piperidine rings is 1. The molecule has 4 rings (SSSR count). The summed E-state index contributed by atoms with van der Waals surface area (Å²) in [5, 5.41) is 6.69. The van der Waals surface area contributed by atoms with Crippen LogP contribution in [0.15, 0.2) is 30.6 Å². The SMILES string of the molecule is CCOc1ccc(NC(=O)CNC(=O)C2CCN(c3ncnc4sc(C)c(C)c34)CC2)cc1. The zero-order chi connectivity index (χ0) is 23.4. The zero-order valence-corrected chi connectivity index (χ0v) is 20.0. The fraction of sp³-hybridized carbons (Fsp3) is 0.417. The van der Waals surface area contributed by atoms with Crippen LogP contribution in [-0.2, 0) is 9.59 Å². The maximum absolute atomic E-state index is 12.6. The number of nitrogens with one attached hydrogen (secondary N) is 2. The molecule has 33 heavy (non-hydrogen) atoms. The lowest BCUT2D eigenvalue weighted by Gasteiger charge is -2.32. The zero-order valence-electron chi connectivity index (χ0n) is 19.2. The van der Waals surface area contributed by atoms with Crippen molar-refractivity contribution in [2.75, 3.05) is 36.5 Å². The van der Waals surface area contributed by atoms with Gasteiger partial charge in [0.25, 0.3) is 0 Å². The van der Waals surface area contributed by atoms with E-state index in [2.05, 4.69) is 39.3 Å². The molecule has 2 N–H and O–H groups in total. The largest absolute Gasteiger partial charge is 0.494 e. The minimum Gasteiger partial charge on any atom is -0.494 e. The molecule has 3 aromatic rings. The standard InChI is InChI=1S/C24H29N5O3S/c1-4-32-19-7-5-18(6-8-19)28-20(30)13-25-23(31)17-9-11-29(12-10-17)22-21-15(2)16(3)33-24(21)27-14-26-22/h5-8,14,17H,4,9-13H2,1-3H3,(H,25,31)(H,28,30). The first-order valence-electron chi connectivity index (χ1n) is 11.2. The average Bonchev–Trinajstić information content (AvgIpc) is 3.12. The predicted molar refractivity (Wildman–Crippen MR) is 131 cm³/mol. The van der Waals surface area contributed by atoms with Gasteiger partial charge in [0.1, 0.15) is 22.7 Å². The first-order valence-corrected chi connectivity index (χ1v) is 12.0. The van der Waals surface area contributed by atoms with Crippen LogP contribution in [0.5, 0.6) is 5.75 Å². The van der Waals surface area contributed by atoms with Crippen LogP contribution in [0.1, 0.15) is 30.2 Å². The number of aromatic nitrogens is 2. The molecule has 0 radical (unpaired) electrons. The molecule has 0 aliphatic carbocycles. The van der Waals surface area contributed by atoms with E-state index in [9.17, 15) is 9.59 Å². The summed E-state index contributed by atoms with van der Waals surface area (Å²) in [6.07, 6.45) is 3.06. The van der Waals surface area contributed by atoms with Gasteiger partial charge in [0.2, 0.25) is 11.8 Å². The van der Waals surface area contributed by atoms with E-state index in [1.807, 2.05) is 6.92 Å². The van der Waals surface area contributed by atoms with Crippen molar-refractivity contribution in [3.63, 3.8) is 0 Å². The van der Waals surface area contributed by atoms with Gasteiger partial charge in [0.15, 0.2) is 0 Å². The van der Waals surface area contributed by atoms with Crippen LogP contribution in [0.2, 0.25) is 0 Å². The number of aryl methyl sites for hydroxylation is 2. The molecule has 2 amide bonds. The molecule has 8 nitrogen and oxygen atoms in total. The minimum absolute atomic E-state index is 0.0494. The number of ether oxygens (including phenoxy) is 1. The average molecular weight is 468 g/mol. The van der Waals surface area contributed by atoms with Gasteiger partial charge in [-0.1, -0.05) is 0 Å². The fourth-order valence-electron chi connectivity index (χ4n) is 4.08. The summed E-state index contributed by atoms with van der Waals surface area (Å²) in [5.74, 6) is 1.27. The van der Waals surface area contributed by atoms with Crippen LogP contribution in [0.25, 0.3) is 10.2 Å². The molecule has 1 saturated heterocycles. The lowest BCUT2D eigenvalue weighted by molar-refractivity contribution is -0.127. The number of rotatable bonds is 7. The summed E-state index contributed by atoms with van der Waals surface area (Å²) in [6.45, 7) is 8.17. The summed E-state index contributed by atoms with van der Waals surface area (Å²) in [4.78, 5) is 38.3. The number of thiophene rings is 1. The summed E-state index contributed by atoms with van der Waals surface area (Å²) in [7, 11) is 0. The van der Waals surface area contributed by atoms with E-state index in [1.54, 1.807) is 41.9 Å². The van der Waals surface area contributed by atoms with Gasteiger partial charge in [-0.15, -0.1) is 11.3 Å². The Morgan fingerprint density at radius 3 is 2.58 bits per heavy atom. The third-order valence-corrected chi connectivity index (χ3v) is 7.10. The second-order valence-electron chi connectivity index (χ2n) is 8.15. The van der Waals surface area contributed by atoms with Crippen LogP contribution in [0, 0.1) is 19.8 Å². The number of benzene rings is 1. The van der Waals surface area contributed by atoms with E-state index in [-0.39, 0.29) is 24.3 Å². The lowest BCUT2D eigenvalue weighted by Crippen LogP contribution is -2.42. The second-order valence-corrected chi connectivity index (χ2v) is 9.35. The summed E-state index contributed by atoms with van der Waals surface area (Å²) in [5.41, 5.74) is 1.89. The van der Waals surface area contributed by atoms with Crippen molar-refractivity contribution in [1.29, 1.82) is 0 Å². The van der Waals surface area contributed by atoms with E-state index in [1.165, 1.54) is 10.4 Å². The van der Waals surface area contributed by atoms with Crippen molar-refractivity contribution in [2.24, 2.45) is 5.92 Å². The quantitative estimate of drug-likeness (QED) is 0.550. The smallest absolute Gasteiger partial charge is 0.243 e. The molecular weight excluding hydrogens is 438 g/mol. The van der Waals surface area contributed by atoms with Gasteiger partial charge < -0.3 is 20.3 Å². The van der Waals surface area contributed by atoms with E-state index in [0.29, 0.717) is 12.3 Å². The molecule has 9 heteroatoms. The van der Waals surface area contributed by atoms with Gasteiger partial charge in [-0.25, -0.2) is 9.97 Å². The minimum atomic E-state index is -0.253. The van der Waals surface area contributed by atoms with E-state index in [4.69, 9.17) is 4.74 Å². The molecule has 0 bridgehead atoms. The highest BCUT2D eigenvalue weighted by atomic mass is 32.1. The van der Waals surface area contributed by atoms with Gasteiger partial charge >= 0.3 is 0 Å². The molecule has 0 spiro atoms. The molecular formula is C24H29N5O3S. The summed E-state index contributed by atoms with van der Waals surface area (Å²) in [6, 6.07) is 7.16. The van der Waals surface area contributed by atoms with Crippen molar-refractivity contribution in [1.82, 2.24) is 15.3 Å². The number of fused-ring (bicyclic) bond motifs is 1. The molecule has 0 unspecified atom stereocenters. The van der Waals surface area contributed by atoms with Crippen molar-refractivity contribution in [3.05, 3.63) is 41.0 Å². The van der Waals surface area contributed by atoms with Gasteiger partial charge in [-0.2, -0.15) is 0 Å². The van der Waals surface area contributed by atoms with Crippen LogP contribution in [0.3, 0.4) is 0 Å². The first kappa shape index (κ1) is 23.0. The molecule has 1 fully saturated rings. The van der Waals surface area contributed by atoms with Crippen molar-refractivity contribution >= 4 is 44.9 Å². The van der Waals surface area contributed by atoms with Gasteiger partial charge in [0.05, 0.1) is 18.5 Å². The van der Waals surface area contributed by atoms with Gasteiger partial charge in [-0.05, 0) is 63.4 Å². The molecule has 1 aromatic carbocycles. The Kier molecular flexibility index (Phi) is 7.08. The number of carbonyl (C=O) groups excluding carboxylic acids is 2. The van der Waals surface area contributed by atoms with E-state index >= 15 is 0 Å². The Morgan fingerprint density at radius 1 is 1.15 bits per heavy atom. The molecule has 2 aromatic heterocycles. The van der Waals surface area contributed by atoms with E-state index < -0.39 is 0 Å². The first-order chi connectivity index (χ1) is 16.0. The third-order valence-electron chi connectivity index (χ3n) is 5.98. The number of nitrogens with zero attached hydrogens (tertiary/aromatic N) is 3. The normalized spacial score (nSPS) is 14.3. The number of amides is 2. The molecule has 0 atom stereocenters. The Morgan fingerprint density at radius 2 is 1.88 bits per heavy atom. The Balaban J connectivity index is 1.27. The fourth-order valence-corrected chi connectivity index (χ4v) is 5.07. The summed E-state index contributed by atoms with van der Waals surface area (Å²) >= 11 is 1.69. The van der Waals surface area contributed by atoms with Crippen LogP contribution in [0.4, 0.5) is 11.5 Å². The number of carbonyl (C=O) groups is 2. The number of hydrogen-bond donors (Lipinski definition) is 2. The predicted octanol–water partition coefficient (Wildman–Crippen LogP) is 3.68. The third kappa shape index (κ3) is 5.24.